The quantitative estimate of drug-likeness (QED) is 0.446. The van der Waals surface area contributed by atoms with Crippen molar-refractivity contribution in [3.8, 4) is 11.5 Å². The fraction of sp³-hybridized carbons (Fsp3) is 0.136. The van der Waals surface area contributed by atoms with E-state index in [-0.39, 0.29) is 26.9 Å². The van der Waals surface area contributed by atoms with E-state index < -0.39 is 15.9 Å². The van der Waals surface area contributed by atoms with Crippen molar-refractivity contribution in [2.75, 3.05) is 30.9 Å². The van der Waals surface area contributed by atoms with Crippen LogP contribution in [0.1, 0.15) is 10.4 Å². The Hall–Kier alpha value is -2.75. The number of benzene rings is 3. The number of sulfonamides is 1. The van der Waals surface area contributed by atoms with Crippen molar-refractivity contribution in [1.29, 1.82) is 0 Å². The minimum atomic E-state index is -4.03. The van der Waals surface area contributed by atoms with Gasteiger partial charge in [-0.25, -0.2) is 8.42 Å². The van der Waals surface area contributed by atoms with Gasteiger partial charge in [-0.05, 0) is 48.5 Å². The molecular formula is C22H20BrClN2O5S. The zero-order chi connectivity index (χ0) is 23.5. The van der Waals surface area contributed by atoms with Gasteiger partial charge in [-0.3, -0.25) is 9.10 Å². The van der Waals surface area contributed by atoms with Crippen molar-refractivity contribution in [3.63, 3.8) is 0 Å². The number of amides is 1. The van der Waals surface area contributed by atoms with Crippen LogP contribution < -0.4 is 19.1 Å². The monoisotopic (exact) mass is 538 g/mol. The lowest BCUT2D eigenvalue weighted by molar-refractivity contribution is 0.102. The molecule has 0 bridgehead atoms. The molecule has 1 N–H and O–H groups in total. The maximum Gasteiger partial charge on any atom is 0.264 e. The molecule has 10 heteroatoms. The van der Waals surface area contributed by atoms with Crippen molar-refractivity contribution in [2.45, 2.75) is 4.90 Å². The zero-order valence-electron chi connectivity index (χ0n) is 17.4. The summed E-state index contributed by atoms with van der Waals surface area (Å²) in [4.78, 5) is 12.6. The van der Waals surface area contributed by atoms with Gasteiger partial charge in [-0.1, -0.05) is 33.6 Å². The average Bonchev–Trinajstić information content (AvgIpc) is 2.79. The number of hydrogen-bond acceptors (Lipinski definition) is 5. The van der Waals surface area contributed by atoms with Gasteiger partial charge in [0.1, 0.15) is 11.5 Å². The largest absolute Gasteiger partial charge is 0.495 e. The molecular weight excluding hydrogens is 520 g/mol. The molecule has 1 amide bonds. The van der Waals surface area contributed by atoms with Crippen molar-refractivity contribution >= 4 is 54.8 Å². The van der Waals surface area contributed by atoms with E-state index in [2.05, 4.69) is 21.2 Å². The number of halogens is 2. The number of hydrogen-bond donors (Lipinski definition) is 1. The van der Waals surface area contributed by atoms with Gasteiger partial charge in [-0.2, -0.15) is 0 Å². The molecule has 0 spiro atoms. The van der Waals surface area contributed by atoms with Crippen LogP contribution in [0.25, 0.3) is 0 Å². The summed E-state index contributed by atoms with van der Waals surface area (Å²) in [6.45, 7) is 0. The van der Waals surface area contributed by atoms with Crippen LogP contribution in [0.5, 0.6) is 11.5 Å². The molecule has 0 saturated heterocycles. The lowest BCUT2D eigenvalue weighted by atomic mass is 10.2. The Morgan fingerprint density at radius 1 is 1.00 bits per heavy atom. The molecule has 0 fully saturated rings. The number of nitrogens with zero attached hydrogens (tertiary/aromatic N) is 1. The van der Waals surface area contributed by atoms with Gasteiger partial charge in [0.2, 0.25) is 0 Å². The van der Waals surface area contributed by atoms with Crippen LogP contribution in [-0.4, -0.2) is 35.6 Å². The minimum absolute atomic E-state index is 0.0579. The molecule has 0 saturated carbocycles. The number of anilines is 2. The summed E-state index contributed by atoms with van der Waals surface area (Å²) in [5.41, 5.74) is 1.01. The van der Waals surface area contributed by atoms with E-state index in [4.69, 9.17) is 21.1 Å². The molecule has 0 aliphatic carbocycles. The molecule has 3 aromatic carbocycles. The second-order valence-electron chi connectivity index (χ2n) is 6.62. The highest BCUT2D eigenvalue weighted by atomic mass is 79.9. The van der Waals surface area contributed by atoms with Gasteiger partial charge in [-0.15, -0.1) is 0 Å². The molecule has 0 atom stereocenters. The normalized spacial score (nSPS) is 11.0. The number of nitrogens with one attached hydrogen (secondary N) is 1. The third-order valence-corrected chi connectivity index (χ3v) is 7.24. The molecule has 3 rings (SSSR count). The molecule has 0 radical (unpaired) electrons. The van der Waals surface area contributed by atoms with Gasteiger partial charge in [0, 0.05) is 28.8 Å². The summed E-state index contributed by atoms with van der Waals surface area (Å²) in [6, 6.07) is 15.8. The van der Waals surface area contributed by atoms with Crippen LogP contribution in [-0.2, 0) is 10.0 Å². The topological polar surface area (TPSA) is 84.9 Å². The molecule has 0 aliphatic heterocycles. The first-order valence-electron chi connectivity index (χ1n) is 9.25. The first-order chi connectivity index (χ1) is 15.2. The Balaban J connectivity index is 1.93. The number of methoxy groups -OCH3 is 2. The summed E-state index contributed by atoms with van der Waals surface area (Å²) in [5.74, 6) is 0.184. The summed E-state index contributed by atoms with van der Waals surface area (Å²) < 4.78 is 39.0. The number of carbonyl (C=O) groups excluding carboxylic acids is 1. The van der Waals surface area contributed by atoms with Gasteiger partial charge < -0.3 is 14.8 Å². The first-order valence-corrected chi connectivity index (χ1v) is 11.9. The van der Waals surface area contributed by atoms with E-state index in [0.717, 1.165) is 8.78 Å². The highest BCUT2D eigenvalue weighted by Crippen LogP contribution is 2.39. The van der Waals surface area contributed by atoms with Crippen LogP contribution in [0.2, 0.25) is 5.02 Å². The number of rotatable bonds is 7. The molecule has 0 heterocycles. The van der Waals surface area contributed by atoms with Crippen LogP contribution in [0.15, 0.2) is 70.0 Å². The predicted octanol–water partition coefficient (Wildman–Crippen LogP) is 5.20. The van der Waals surface area contributed by atoms with Crippen molar-refractivity contribution in [2.24, 2.45) is 0 Å². The van der Waals surface area contributed by atoms with Gasteiger partial charge in [0.05, 0.1) is 29.8 Å². The fourth-order valence-electron chi connectivity index (χ4n) is 2.91. The summed E-state index contributed by atoms with van der Waals surface area (Å²) in [5, 5.41) is 2.97. The Bertz CT molecular complexity index is 1250. The minimum Gasteiger partial charge on any atom is -0.495 e. The Morgan fingerprint density at radius 2 is 1.66 bits per heavy atom. The van der Waals surface area contributed by atoms with Crippen LogP contribution >= 0.6 is 27.5 Å². The lowest BCUT2D eigenvalue weighted by Gasteiger charge is -2.23. The zero-order valence-corrected chi connectivity index (χ0v) is 20.6. The SMILES string of the molecule is COc1cc(OC)c(N(C)S(=O)(=O)c2cccc(C(=O)Nc3ccc(Br)cc3)c2)cc1Cl. The smallest absolute Gasteiger partial charge is 0.264 e. The number of ether oxygens (including phenoxy) is 2. The van der Waals surface area contributed by atoms with Crippen molar-refractivity contribution < 1.29 is 22.7 Å². The first kappa shape index (κ1) is 23.9. The van der Waals surface area contributed by atoms with Crippen LogP contribution in [0, 0.1) is 0 Å². The second kappa shape index (κ2) is 9.81. The van der Waals surface area contributed by atoms with E-state index in [0.29, 0.717) is 11.4 Å². The molecule has 32 heavy (non-hydrogen) atoms. The summed E-state index contributed by atoms with van der Waals surface area (Å²) in [7, 11) is 0.218. The Morgan fingerprint density at radius 3 is 2.28 bits per heavy atom. The Kier molecular flexibility index (Phi) is 7.33. The highest BCUT2D eigenvalue weighted by molar-refractivity contribution is 9.10. The maximum absolute atomic E-state index is 13.3. The van der Waals surface area contributed by atoms with Gasteiger partial charge in [0.15, 0.2) is 0 Å². The third-order valence-electron chi connectivity index (χ3n) is 4.65. The van der Waals surface area contributed by atoms with Crippen molar-refractivity contribution in [1.82, 2.24) is 0 Å². The molecule has 168 valence electrons. The predicted molar refractivity (Wildman–Crippen MR) is 129 cm³/mol. The van der Waals surface area contributed by atoms with E-state index in [1.54, 1.807) is 24.3 Å². The second-order valence-corrected chi connectivity index (χ2v) is 9.91. The fourth-order valence-corrected chi connectivity index (χ4v) is 4.66. The molecule has 7 nitrogen and oxygen atoms in total. The molecule has 0 unspecified atom stereocenters. The van der Waals surface area contributed by atoms with E-state index >= 15 is 0 Å². The molecule has 0 aromatic heterocycles. The molecule has 0 aliphatic rings. The van der Waals surface area contributed by atoms with Crippen LogP contribution in [0.4, 0.5) is 11.4 Å². The average molecular weight is 540 g/mol. The molecule has 3 aromatic rings. The summed E-state index contributed by atoms with van der Waals surface area (Å²) in [6.07, 6.45) is 0. The number of carbonyl (C=O) groups is 1. The van der Waals surface area contributed by atoms with E-state index in [1.807, 2.05) is 0 Å². The van der Waals surface area contributed by atoms with Crippen LogP contribution in [0.3, 0.4) is 0 Å². The third kappa shape index (κ3) is 5.01. The van der Waals surface area contributed by atoms with Crippen molar-refractivity contribution in [3.05, 3.63) is 75.7 Å². The van der Waals surface area contributed by atoms with Gasteiger partial charge >= 0.3 is 0 Å². The van der Waals surface area contributed by atoms with E-state index in [9.17, 15) is 13.2 Å². The van der Waals surface area contributed by atoms with E-state index in [1.165, 1.54) is 57.7 Å². The maximum atomic E-state index is 13.3. The van der Waals surface area contributed by atoms with Gasteiger partial charge in [0.25, 0.3) is 15.9 Å². The standard InChI is InChI=1S/C22H20BrClN2O5S/c1-26(19-12-18(24)20(30-2)13-21(19)31-3)32(28,29)17-6-4-5-14(11-17)22(27)25-16-9-7-15(23)8-10-16/h4-13H,1-3H3,(H,25,27). The lowest BCUT2D eigenvalue weighted by Crippen LogP contribution is -2.27. The highest BCUT2D eigenvalue weighted by Gasteiger charge is 2.26. The summed E-state index contributed by atoms with van der Waals surface area (Å²) >= 11 is 9.53. The Labute approximate surface area is 200 Å².